The zero-order valence-electron chi connectivity index (χ0n) is 12.9. The Bertz CT molecular complexity index is 574. The lowest BCUT2D eigenvalue weighted by Gasteiger charge is -2.21. The topological polar surface area (TPSA) is 32.8 Å². The molecule has 0 saturated heterocycles. The maximum Gasteiger partial charge on any atom is 0.381 e. The predicted octanol–water partition coefficient (Wildman–Crippen LogP) is 4.34. The number of amides is 2. The van der Waals surface area contributed by atoms with E-state index in [-0.39, 0.29) is 6.42 Å². The van der Waals surface area contributed by atoms with E-state index in [1.165, 1.54) is 7.11 Å². The van der Waals surface area contributed by atoms with Crippen LogP contribution in [-0.2, 0) is 4.43 Å². The van der Waals surface area contributed by atoms with E-state index in [1.54, 1.807) is 0 Å². The molecule has 0 N–H and O–H groups in total. The quantitative estimate of drug-likeness (QED) is 0.329. The van der Waals surface area contributed by atoms with Crippen LogP contribution in [-0.4, -0.2) is 33.1 Å². The van der Waals surface area contributed by atoms with Gasteiger partial charge in [0, 0.05) is 7.11 Å². The van der Waals surface area contributed by atoms with Crippen LogP contribution in [0.2, 0.25) is 19.1 Å². The maximum atomic E-state index is 13.7. The standard InChI is InChI=1S/C13H17F5N2O2Si/c1-22-23(2,3)8-4-7-19(17)13(21)20(18)10-6-5-9(14)11(15)12(10)16/h5-6H,4,7-8H2,1-3H3. The van der Waals surface area contributed by atoms with E-state index in [0.29, 0.717) is 18.2 Å². The molecule has 23 heavy (non-hydrogen) atoms. The van der Waals surface area contributed by atoms with Gasteiger partial charge in [0.15, 0.2) is 25.8 Å². The summed E-state index contributed by atoms with van der Waals surface area (Å²) in [6.45, 7) is 3.33. The minimum atomic E-state index is -1.96. The fraction of sp³-hybridized carbons (Fsp3) is 0.462. The van der Waals surface area contributed by atoms with Crippen LogP contribution in [0.5, 0.6) is 0 Å². The summed E-state index contributed by atoms with van der Waals surface area (Å²) in [7, 11) is -0.428. The smallest absolute Gasteiger partial charge is 0.381 e. The molecule has 1 aromatic carbocycles. The molecule has 0 fully saturated rings. The molecule has 4 nitrogen and oxygen atoms in total. The molecule has 0 aromatic heterocycles. The fourth-order valence-electron chi connectivity index (χ4n) is 1.71. The number of anilines is 1. The second-order valence-corrected chi connectivity index (χ2v) is 9.84. The lowest BCUT2D eigenvalue weighted by Crippen LogP contribution is -2.36. The molecule has 0 saturated carbocycles. The molecule has 0 aliphatic rings. The summed E-state index contributed by atoms with van der Waals surface area (Å²) in [6, 6.07) is -0.376. The molecular formula is C13H17F5N2O2Si. The van der Waals surface area contributed by atoms with Crippen LogP contribution >= 0.6 is 0 Å². The summed E-state index contributed by atoms with van der Waals surface area (Å²) in [5, 5.41) is -1.36. The van der Waals surface area contributed by atoms with Crippen LogP contribution in [0, 0.1) is 17.5 Å². The number of hydrogen-bond acceptors (Lipinski definition) is 2. The van der Waals surface area contributed by atoms with Crippen LogP contribution in [0.15, 0.2) is 12.1 Å². The molecule has 1 aromatic rings. The lowest BCUT2D eigenvalue weighted by molar-refractivity contribution is 0.0632. The van der Waals surface area contributed by atoms with Gasteiger partial charge in [0.05, 0.1) is 6.54 Å². The van der Waals surface area contributed by atoms with Gasteiger partial charge in [-0.15, -0.1) is 5.12 Å². The largest absolute Gasteiger partial charge is 0.420 e. The highest BCUT2D eigenvalue weighted by atomic mass is 28.4. The first-order valence-electron chi connectivity index (χ1n) is 6.72. The monoisotopic (exact) mass is 356 g/mol. The van der Waals surface area contributed by atoms with E-state index in [0.717, 1.165) is 0 Å². The Balaban J connectivity index is 2.71. The van der Waals surface area contributed by atoms with E-state index in [2.05, 4.69) is 0 Å². The fourth-order valence-corrected chi connectivity index (χ4v) is 2.92. The Kier molecular flexibility index (Phi) is 6.51. The van der Waals surface area contributed by atoms with Crippen molar-refractivity contribution in [2.75, 3.05) is 18.8 Å². The summed E-state index contributed by atoms with van der Waals surface area (Å²) in [6.07, 6.45) is 0.212. The van der Waals surface area contributed by atoms with Gasteiger partial charge in [-0.05, 0) is 37.7 Å². The lowest BCUT2D eigenvalue weighted by atomic mass is 10.3. The van der Waals surface area contributed by atoms with Gasteiger partial charge in [-0.2, -0.15) is 5.12 Å². The molecule has 0 unspecified atom stereocenters. The van der Waals surface area contributed by atoms with Crippen LogP contribution in [0.25, 0.3) is 0 Å². The van der Waals surface area contributed by atoms with Gasteiger partial charge in [-0.3, -0.25) is 0 Å². The molecule has 1 rings (SSSR count). The summed E-state index contributed by atoms with van der Waals surface area (Å²) in [4.78, 5) is 11.5. The van der Waals surface area contributed by atoms with Crippen molar-refractivity contribution in [1.82, 2.24) is 5.12 Å². The highest BCUT2D eigenvalue weighted by molar-refractivity contribution is 6.71. The molecule has 0 bridgehead atoms. The molecular weight excluding hydrogens is 339 g/mol. The van der Waals surface area contributed by atoms with Gasteiger partial charge in [0.25, 0.3) is 0 Å². The average molecular weight is 356 g/mol. The van der Waals surface area contributed by atoms with Crippen LogP contribution in [0.3, 0.4) is 0 Å². The highest BCUT2D eigenvalue weighted by Crippen LogP contribution is 2.25. The number of carbonyl (C=O) groups is 1. The van der Waals surface area contributed by atoms with Gasteiger partial charge in [0.2, 0.25) is 0 Å². The predicted molar refractivity (Wildman–Crippen MR) is 77.0 cm³/mol. The molecule has 0 heterocycles. The number of carbonyl (C=O) groups excluding carboxylic acids is 1. The SMILES string of the molecule is CO[Si](C)(C)CCCN(F)C(=O)N(F)c1ccc(F)c(F)c1F. The molecule has 0 aliphatic heterocycles. The Labute approximate surface area is 131 Å². The first-order chi connectivity index (χ1) is 10.6. The molecule has 2 amide bonds. The van der Waals surface area contributed by atoms with Gasteiger partial charge >= 0.3 is 6.03 Å². The van der Waals surface area contributed by atoms with Crippen molar-refractivity contribution in [2.45, 2.75) is 25.6 Å². The Morgan fingerprint density at radius 3 is 2.35 bits per heavy atom. The van der Waals surface area contributed by atoms with Crippen LogP contribution in [0.1, 0.15) is 6.42 Å². The average Bonchev–Trinajstić information content (AvgIpc) is 2.51. The summed E-state index contributed by atoms with van der Waals surface area (Å²) < 4.78 is 71.8. The molecule has 0 atom stereocenters. The second-order valence-electron chi connectivity index (χ2n) is 5.41. The van der Waals surface area contributed by atoms with Crippen LogP contribution < -0.4 is 5.12 Å². The number of nitrogens with zero attached hydrogens (tertiary/aromatic N) is 2. The van der Waals surface area contributed by atoms with Crippen LogP contribution in [0.4, 0.5) is 32.6 Å². The molecule has 0 spiro atoms. The summed E-state index contributed by atoms with van der Waals surface area (Å²) in [5.74, 6) is -5.41. The van der Waals surface area contributed by atoms with Gasteiger partial charge < -0.3 is 4.43 Å². The first-order valence-corrected chi connectivity index (χ1v) is 9.84. The number of benzene rings is 1. The van der Waals surface area contributed by atoms with E-state index in [1.807, 2.05) is 13.1 Å². The van der Waals surface area contributed by atoms with Crippen molar-refractivity contribution in [3.05, 3.63) is 29.6 Å². The normalized spacial score (nSPS) is 11.5. The van der Waals surface area contributed by atoms with Crippen molar-refractivity contribution >= 4 is 20.0 Å². The number of hydrogen-bond donors (Lipinski definition) is 0. The first kappa shape index (κ1) is 19.4. The Hall–Kier alpha value is -1.68. The molecule has 0 radical (unpaired) electrons. The molecule has 130 valence electrons. The van der Waals surface area contributed by atoms with Crippen molar-refractivity contribution in [3.8, 4) is 0 Å². The van der Waals surface area contributed by atoms with E-state index >= 15 is 0 Å². The Morgan fingerprint density at radius 1 is 1.17 bits per heavy atom. The number of rotatable bonds is 6. The minimum Gasteiger partial charge on any atom is -0.420 e. The van der Waals surface area contributed by atoms with E-state index in [9.17, 15) is 26.9 Å². The van der Waals surface area contributed by atoms with Crippen molar-refractivity contribution in [2.24, 2.45) is 0 Å². The zero-order chi connectivity index (χ0) is 17.8. The third kappa shape index (κ3) is 4.89. The zero-order valence-corrected chi connectivity index (χ0v) is 13.9. The number of urea groups is 1. The minimum absolute atomic E-state index is 0.212. The third-order valence-corrected chi connectivity index (χ3v) is 5.95. The van der Waals surface area contributed by atoms with Gasteiger partial charge in [-0.1, -0.05) is 8.96 Å². The van der Waals surface area contributed by atoms with Gasteiger partial charge in [0.1, 0.15) is 5.69 Å². The third-order valence-electron chi connectivity index (χ3n) is 3.29. The van der Waals surface area contributed by atoms with Gasteiger partial charge in [-0.25, -0.2) is 18.0 Å². The Morgan fingerprint density at radius 2 is 1.78 bits per heavy atom. The van der Waals surface area contributed by atoms with Crippen molar-refractivity contribution in [1.29, 1.82) is 0 Å². The highest BCUT2D eigenvalue weighted by Gasteiger charge is 2.28. The van der Waals surface area contributed by atoms with E-state index < -0.39 is 54.3 Å². The van der Waals surface area contributed by atoms with Crippen molar-refractivity contribution < 1.29 is 31.4 Å². The molecule has 10 heteroatoms. The maximum absolute atomic E-state index is 13.7. The summed E-state index contributed by atoms with van der Waals surface area (Å²) >= 11 is 0. The number of halogens is 5. The van der Waals surface area contributed by atoms with Crippen molar-refractivity contribution in [3.63, 3.8) is 0 Å². The van der Waals surface area contributed by atoms with E-state index in [4.69, 9.17) is 4.43 Å². The molecule has 0 aliphatic carbocycles. The summed E-state index contributed by atoms with van der Waals surface area (Å²) in [5.41, 5.74) is -1.21. The second kappa shape index (κ2) is 7.73.